The second kappa shape index (κ2) is 4.84. The zero-order valence-corrected chi connectivity index (χ0v) is 10.1. The van der Waals surface area contributed by atoms with Gasteiger partial charge in [0.2, 0.25) is 0 Å². The number of nitrogens with two attached hydrogens (primary N) is 2. The molecule has 4 nitrogen and oxygen atoms in total. The Morgan fingerprint density at radius 1 is 1.56 bits per heavy atom. The van der Waals surface area contributed by atoms with E-state index in [0.717, 1.165) is 28.3 Å². The van der Waals surface area contributed by atoms with Crippen molar-refractivity contribution in [2.24, 2.45) is 16.7 Å². The summed E-state index contributed by atoms with van der Waals surface area (Å²) in [7, 11) is 0. The quantitative estimate of drug-likeness (QED) is 0.366. The molecule has 0 unspecified atom stereocenters. The molecule has 0 saturated heterocycles. The summed E-state index contributed by atoms with van der Waals surface area (Å²) in [5, 5.41) is 4.48. The Labute approximate surface area is 103 Å². The molecule has 0 aromatic heterocycles. The maximum Gasteiger partial charge on any atom is 0.177 e. The Kier molecular flexibility index (Phi) is 3.46. The van der Waals surface area contributed by atoms with E-state index >= 15 is 0 Å². The third kappa shape index (κ3) is 2.36. The van der Waals surface area contributed by atoms with Gasteiger partial charge in [0.25, 0.3) is 0 Å². The third-order valence-electron chi connectivity index (χ3n) is 2.33. The molecule has 0 spiro atoms. The summed E-state index contributed by atoms with van der Waals surface area (Å²) in [6.07, 6.45) is 0.911. The van der Waals surface area contributed by atoms with Crippen LogP contribution in [0.4, 0.5) is 0 Å². The molecule has 0 fully saturated rings. The van der Waals surface area contributed by atoms with Crippen molar-refractivity contribution in [2.75, 3.05) is 6.61 Å². The number of hydrazone groups is 1. The second-order valence-electron chi connectivity index (χ2n) is 3.41. The maximum atomic E-state index is 6.03. The van der Waals surface area contributed by atoms with Crippen molar-refractivity contribution in [1.29, 1.82) is 0 Å². The lowest BCUT2D eigenvalue weighted by Crippen LogP contribution is -2.09. The number of amidine groups is 1. The first kappa shape index (κ1) is 11.4. The number of ether oxygens (including phenoxy) is 1. The minimum Gasteiger partial charge on any atom is -0.493 e. The fourth-order valence-electron chi connectivity index (χ4n) is 1.64. The molecule has 1 aliphatic rings. The van der Waals surface area contributed by atoms with Crippen molar-refractivity contribution >= 4 is 28.5 Å². The molecule has 0 amide bonds. The molecule has 4 N–H and O–H groups in total. The number of hydrogen-bond acceptors (Lipinski definition) is 4. The summed E-state index contributed by atoms with van der Waals surface area (Å²) in [4.78, 5) is 0. The summed E-state index contributed by atoms with van der Waals surface area (Å²) in [6.45, 7) is 0.716. The van der Waals surface area contributed by atoms with E-state index < -0.39 is 0 Å². The predicted octanol–water partition coefficient (Wildman–Crippen LogP) is 1.70. The standard InChI is InChI=1S/C10H12ClN3OS/c11-8-3-6-1-2-15-9(6)7(4-8)5-16-10(12)14-13/h3-4H,1-2,5,13H2,(H2,12,14). The average molecular weight is 258 g/mol. The van der Waals surface area contributed by atoms with E-state index in [-0.39, 0.29) is 0 Å². The molecule has 0 radical (unpaired) electrons. The van der Waals surface area contributed by atoms with Gasteiger partial charge in [-0.2, -0.15) is 5.10 Å². The van der Waals surface area contributed by atoms with E-state index in [9.17, 15) is 0 Å². The molecular weight excluding hydrogens is 246 g/mol. The highest BCUT2D eigenvalue weighted by Gasteiger charge is 2.17. The Morgan fingerprint density at radius 2 is 2.38 bits per heavy atom. The average Bonchev–Trinajstić information content (AvgIpc) is 2.73. The van der Waals surface area contributed by atoms with Gasteiger partial charge < -0.3 is 16.3 Å². The van der Waals surface area contributed by atoms with Crippen LogP contribution in [-0.2, 0) is 12.2 Å². The molecule has 1 aromatic carbocycles. The highest BCUT2D eigenvalue weighted by Crippen LogP contribution is 2.34. The Hall–Kier alpha value is -1.07. The lowest BCUT2D eigenvalue weighted by Gasteiger charge is -2.08. The van der Waals surface area contributed by atoms with Crippen molar-refractivity contribution in [3.05, 3.63) is 28.3 Å². The van der Waals surface area contributed by atoms with E-state index in [4.69, 9.17) is 27.9 Å². The van der Waals surface area contributed by atoms with Gasteiger partial charge in [-0.05, 0) is 17.7 Å². The number of nitrogens with zero attached hydrogens (tertiary/aromatic N) is 1. The third-order valence-corrected chi connectivity index (χ3v) is 3.40. The smallest absolute Gasteiger partial charge is 0.177 e. The number of fused-ring (bicyclic) bond motifs is 1. The monoisotopic (exact) mass is 257 g/mol. The van der Waals surface area contributed by atoms with Gasteiger partial charge in [-0.3, -0.25) is 0 Å². The summed E-state index contributed by atoms with van der Waals surface area (Å²) in [5.41, 5.74) is 7.72. The second-order valence-corrected chi connectivity index (χ2v) is 4.84. The number of thioether (sulfide) groups is 1. The van der Waals surface area contributed by atoms with Crippen LogP contribution in [0.3, 0.4) is 0 Å². The largest absolute Gasteiger partial charge is 0.493 e. The summed E-state index contributed by atoms with van der Waals surface area (Å²) >= 11 is 7.40. The molecule has 1 aromatic rings. The Morgan fingerprint density at radius 3 is 3.12 bits per heavy atom. The van der Waals surface area contributed by atoms with E-state index in [1.807, 2.05) is 12.1 Å². The predicted molar refractivity (Wildman–Crippen MR) is 67.8 cm³/mol. The van der Waals surface area contributed by atoms with Gasteiger partial charge in [0.05, 0.1) is 6.61 Å². The normalized spacial score (nSPS) is 14.7. The van der Waals surface area contributed by atoms with E-state index in [0.29, 0.717) is 17.5 Å². The highest BCUT2D eigenvalue weighted by molar-refractivity contribution is 8.13. The van der Waals surface area contributed by atoms with Crippen LogP contribution in [0.1, 0.15) is 11.1 Å². The maximum absolute atomic E-state index is 6.03. The van der Waals surface area contributed by atoms with Gasteiger partial charge >= 0.3 is 0 Å². The fourth-order valence-corrected chi connectivity index (χ4v) is 2.50. The summed E-state index contributed by atoms with van der Waals surface area (Å²) in [6, 6.07) is 3.83. The molecule has 16 heavy (non-hydrogen) atoms. The van der Waals surface area contributed by atoms with Gasteiger partial charge in [-0.25, -0.2) is 0 Å². The molecule has 0 bridgehead atoms. The molecule has 0 atom stereocenters. The van der Waals surface area contributed by atoms with Crippen molar-refractivity contribution in [2.45, 2.75) is 12.2 Å². The molecule has 0 aliphatic carbocycles. The first-order valence-corrected chi connectivity index (χ1v) is 6.17. The first-order valence-electron chi connectivity index (χ1n) is 4.81. The lowest BCUT2D eigenvalue weighted by atomic mass is 10.1. The van der Waals surface area contributed by atoms with Crippen LogP contribution in [0.2, 0.25) is 5.02 Å². The molecule has 2 rings (SSSR count). The van der Waals surface area contributed by atoms with Crippen LogP contribution in [0.5, 0.6) is 5.75 Å². The fraction of sp³-hybridized carbons (Fsp3) is 0.300. The Bertz CT molecular complexity index is 436. The number of hydrogen-bond donors (Lipinski definition) is 2. The van der Waals surface area contributed by atoms with Crippen LogP contribution >= 0.6 is 23.4 Å². The number of benzene rings is 1. The molecule has 6 heteroatoms. The van der Waals surface area contributed by atoms with Gasteiger partial charge in [0.1, 0.15) is 5.75 Å². The van der Waals surface area contributed by atoms with Crippen molar-refractivity contribution < 1.29 is 4.74 Å². The van der Waals surface area contributed by atoms with Crippen molar-refractivity contribution in [3.8, 4) is 5.75 Å². The van der Waals surface area contributed by atoms with E-state index in [1.54, 1.807) is 0 Å². The van der Waals surface area contributed by atoms with Gasteiger partial charge in [-0.1, -0.05) is 23.4 Å². The number of halogens is 1. The van der Waals surface area contributed by atoms with Gasteiger partial charge in [0.15, 0.2) is 5.17 Å². The van der Waals surface area contributed by atoms with Crippen LogP contribution in [-0.4, -0.2) is 11.8 Å². The van der Waals surface area contributed by atoms with Crippen LogP contribution in [0.15, 0.2) is 17.2 Å². The first-order chi connectivity index (χ1) is 7.70. The van der Waals surface area contributed by atoms with Crippen molar-refractivity contribution in [3.63, 3.8) is 0 Å². The topological polar surface area (TPSA) is 73.6 Å². The summed E-state index contributed by atoms with van der Waals surface area (Å²) < 4.78 is 5.57. The van der Waals surface area contributed by atoms with Crippen LogP contribution in [0.25, 0.3) is 0 Å². The van der Waals surface area contributed by atoms with Crippen molar-refractivity contribution in [1.82, 2.24) is 0 Å². The minimum absolute atomic E-state index is 0.353. The lowest BCUT2D eigenvalue weighted by molar-refractivity contribution is 0.354. The molecule has 1 heterocycles. The summed E-state index contributed by atoms with van der Waals surface area (Å²) in [5.74, 6) is 6.66. The zero-order valence-electron chi connectivity index (χ0n) is 8.57. The van der Waals surface area contributed by atoms with E-state index in [2.05, 4.69) is 5.10 Å². The van der Waals surface area contributed by atoms with Crippen LogP contribution in [0, 0.1) is 0 Å². The van der Waals surface area contributed by atoms with E-state index in [1.165, 1.54) is 11.8 Å². The van der Waals surface area contributed by atoms with Gasteiger partial charge in [0, 0.05) is 22.8 Å². The number of rotatable bonds is 2. The zero-order chi connectivity index (χ0) is 11.5. The van der Waals surface area contributed by atoms with Crippen LogP contribution < -0.4 is 16.3 Å². The molecule has 86 valence electrons. The SMILES string of the molecule is N/N=C(/N)SCc1cc(Cl)cc2c1OCC2. The Balaban J connectivity index is 2.20. The molecule has 0 saturated carbocycles. The highest BCUT2D eigenvalue weighted by atomic mass is 35.5. The molecular formula is C10H12ClN3OS. The minimum atomic E-state index is 0.353. The molecule has 1 aliphatic heterocycles. The van der Waals surface area contributed by atoms with Gasteiger partial charge in [-0.15, -0.1) is 0 Å².